The second-order valence-electron chi connectivity index (χ2n) is 8.11. The van der Waals surface area contributed by atoms with E-state index < -0.39 is 5.60 Å². The fourth-order valence-electron chi connectivity index (χ4n) is 3.23. The summed E-state index contributed by atoms with van der Waals surface area (Å²) in [4.78, 5) is 34.2. The summed E-state index contributed by atoms with van der Waals surface area (Å²) in [7, 11) is 0. The summed E-state index contributed by atoms with van der Waals surface area (Å²) in [6.07, 6.45) is 0.965. The molecule has 1 saturated heterocycles. The molecule has 0 spiro atoms. The van der Waals surface area contributed by atoms with Gasteiger partial charge in [-0.15, -0.1) is 0 Å². The Labute approximate surface area is 159 Å². The molecule has 27 heavy (non-hydrogen) atoms. The standard InChI is InChI=1S/C20H28N4O3/c1-13(17-22-15-7-5-6-8-16(15)23-17)21-18(25)14-9-11-24(12-10-14)19(26)27-20(2,3)4/h5-8,13-14H,9-12H2,1-4H3,(H,21,25)(H,22,23). The minimum Gasteiger partial charge on any atom is -0.444 e. The lowest BCUT2D eigenvalue weighted by Gasteiger charge is -2.33. The Morgan fingerprint density at radius 3 is 2.56 bits per heavy atom. The van der Waals surface area contributed by atoms with Crippen LogP contribution in [0.5, 0.6) is 0 Å². The SMILES string of the molecule is CC(NC(=O)C1CCN(C(=O)OC(C)(C)C)CC1)c1nc2ccccc2[nH]1. The molecule has 2 aromatic rings. The van der Waals surface area contributed by atoms with E-state index in [4.69, 9.17) is 4.74 Å². The highest BCUT2D eigenvalue weighted by Gasteiger charge is 2.30. The van der Waals surface area contributed by atoms with Gasteiger partial charge in [0.15, 0.2) is 0 Å². The highest BCUT2D eigenvalue weighted by Crippen LogP contribution is 2.22. The van der Waals surface area contributed by atoms with Gasteiger partial charge in [0.1, 0.15) is 11.4 Å². The summed E-state index contributed by atoms with van der Waals surface area (Å²) in [5, 5.41) is 3.04. The number of aromatic nitrogens is 2. The molecule has 2 heterocycles. The number of nitrogens with zero attached hydrogens (tertiary/aromatic N) is 2. The van der Waals surface area contributed by atoms with Gasteiger partial charge in [0, 0.05) is 19.0 Å². The second-order valence-corrected chi connectivity index (χ2v) is 8.11. The highest BCUT2D eigenvalue weighted by atomic mass is 16.6. The smallest absolute Gasteiger partial charge is 0.410 e. The summed E-state index contributed by atoms with van der Waals surface area (Å²) in [5.41, 5.74) is 1.34. The first-order valence-electron chi connectivity index (χ1n) is 9.46. The number of rotatable bonds is 3. The zero-order chi connectivity index (χ0) is 19.6. The zero-order valence-corrected chi connectivity index (χ0v) is 16.4. The Kier molecular flexibility index (Phi) is 5.39. The number of para-hydroxylation sites is 2. The number of hydrogen-bond acceptors (Lipinski definition) is 4. The quantitative estimate of drug-likeness (QED) is 0.864. The number of fused-ring (bicyclic) bond motifs is 1. The Balaban J connectivity index is 1.52. The van der Waals surface area contributed by atoms with Gasteiger partial charge in [0.25, 0.3) is 0 Å². The molecule has 1 aromatic carbocycles. The molecule has 0 bridgehead atoms. The third-order valence-electron chi connectivity index (χ3n) is 4.69. The summed E-state index contributed by atoms with van der Waals surface area (Å²) >= 11 is 0. The van der Waals surface area contributed by atoms with Gasteiger partial charge in [-0.25, -0.2) is 9.78 Å². The molecule has 1 atom stereocenters. The van der Waals surface area contributed by atoms with Crippen LogP contribution >= 0.6 is 0 Å². The van der Waals surface area contributed by atoms with Crippen LogP contribution < -0.4 is 5.32 Å². The van der Waals surface area contributed by atoms with Crippen LogP contribution in [0, 0.1) is 5.92 Å². The van der Waals surface area contributed by atoms with Gasteiger partial charge in [-0.1, -0.05) is 12.1 Å². The number of amides is 2. The first-order chi connectivity index (χ1) is 12.7. The van der Waals surface area contributed by atoms with Gasteiger partial charge in [-0.05, 0) is 52.7 Å². The average molecular weight is 372 g/mol. The van der Waals surface area contributed by atoms with Crippen LogP contribution in [0.3, 0.4) is 0 Å². The van der Waals surface area contributed by atoms with Gasteiger partial charge in [-0.2, -0.15) is 0 Å². The van der Waals surface area contributed by atoms with Crippen LogP contribution in [0.2, 0.25) is 0 Å². The number of H-pyrrole nitrogens is 1. The van der Waals surface area contributed by atoms with Crippen molar-refractivity contribution < 1.29 is 14.3 Å². The largest absolute Gasteiger partial charge is 0.444 e. The van der Waals surface area contributed by atoms with Crippen LogP contribution in [-0.4, -0.2) is 45.6 Å². The summed E-state index contributed by atoms with van der Waals surface area (Å²) in [6.45, 7) is 8.54. The van der Waals surface area contributed by atoms with Crippen molar-refractivity contribution in [3.8, 4) is 0 Å². The number of carbonyl (C=O) groups is 2. The van der Waals surface area contributed by atoms with E-state index in [1.54, 1.807) is 4.90 Å². The minimum absolute atomic E-state index is 0.00629. The lowest BCUT2D eigenvalue weighted by Crippen LogP contribution is -2.45. The molecule has 146 valence electrons. The topological polar surface area (TPSA) is 87.3 Å². The van der Waals surface area contributed by atoms with E-state index in [2.05, 4.69) is 15.3 Å². The van der Waals surface area contributed by atoms with Crippen LogP contribution in [0.1, 0.15) is 52.4 Å². The van der Waals surface area contributed by atoms with E-state index in [9.17, 15) is 9.59 Å². The molecule has 1 fully saturated rings. The molecule has 7 nitrogen and oxygen atoms in total. The van der Waals surface area contributed by atoms with E-state index in [1.807, 2.05) is 52.0 Å². The maximum absolute atomic E-state index is 12.6. The molecular weight excluding hydrogens is 344 g/mol. The molecular formula is C20H28N4O3. The Hall–Kier alpha value is -2.57. The Bertz CT molecular complexity index is 783. The first kappa shape index (κ1) is 19.2. The fourth-order valence-corrected chi connectivity index (χ4v) is 3.23. The molecule has 3 rings (SSSR count). The number of likely N-dealkylation sites (tertiary alicyclic amines) is 1. The van der Waals surface area contributed by atoms with E-state index >= 15 is 0 Å². The van der Waals surface area contributed by atoms with E-state index in [0.29, 0.717) is 25.9 Å². The number of carbonyl (C=O) groups excluding carboxylic acids is 2. The highest BCUT2D eigenvalue weighted by molar-refractivity contribution is 5.80. The van der Waals surface area contributed by atoms with Gasteiger partial charge in [0.2, 0.25) is 5.91 Å². The third kappa shape index (κ3) is 4.78. The van der Waals surface area contributed by atoms with E-state index in [1.165, 1.54) is 0 Å². The average Bonchev–Trinajstić information content (AvgIpc) is 3.04. The number of imidazole rings is 1. The Morgan fingerprint density at radius 2 is 1.93 bits per heavy atom. The van der Waals surface area contributed by atoms with Crippen molar-refractivity contribution in [2.45, 2.75) is 52.2 Å². The molecule has 0 saturated carbocycles. The number of piperidine rings is 1. The molecule has 2 N–H and O–H groups in total. The monoisotopic (exact) mass is 372 g/mol. The van der Waals surface area contributed by atoms with Crippen LogP contribution in [0.15, 0.2) is 24.3 Å². The Morgan fingerprint density at radius 1 is 1.26 bits per heavy atom. The molecule has 7 heteroatoms. The molecule has 1 aliphatic heterocycles. The van der Waals surface area contributed by atoms with E-state index in [0.717, 1.165) is 16.9 Å². The number of nitrogens with one attached hydrogen (secondary N) is 2. The summed E-state index contributed by atoms with van der Waals surface area (Å²) in [6, 6.07) is 7.60. The molecule has 1 aliphatic rings. The number of ether oxygens (including phenoxy) is 1. The van der Waals surface area contributed by atoms with Crippen LogP contribution in [0.25, 0.3) is 11.0 Å². The van der Waals surface area contributed by atoms with Crippen LogP contribution in [-0.2, 0) is 9.53 Å². The lowest BCUT2D eigenvalue weighted by molar-refractivity contribution is -0.127. The van der Waals surface area contributed by atoms with Crippen molar-refractivity contribution in [2.24, 2.45) is 5.92 Å². The maximum Gasteiger partial charge on any atom is 0.410 e. The van der Waals surface area contributed by atoms with Crippen molar-refractivity contribution in [2.75, 3.05) is 13.1 Å². The number of hydrogen-bond donors (Lipinski definition) is 2. The van der Waals surface area contributed by atoms with Crippen LogP contribution in [0.4, 0.5) is 4.79 Å². The van der Waals surface area contributed by atoms with Crippen molar-refractivity contribution >= 4 is 23.0 Å². The van der Waals surface area contributed by atoms with Gasteiger partial charge in [0.05, 0.1) is 17.1 Å². The van der Waals surface area contributed by atoms with Gasteiger partial charge in [-0.3, -0.25) is 4.79 Å². The summed E-state index contributed by atoms with van der Waals surface area (Å²) < 4.78 is 5.40. The van der Waals surface area contributed by atoms with Crippen molar-refractivity contribution in [1.82, 2.24) is 20.2 Å². The van der Waals surface area contributed by atoms with Gasteiger partial charge < -0.3 is 19.9 Å². The molecule has 1 unspecified atom stereocenters. The predicted octanol–water partition coefficient (Wildman–Crippen LogP) is 3.39. The van der Waals surface area contributed by atoms with Gasteiger partial charge >= 0.3 is 6.09 Å². The number of aromatic amines is 1. The first-order valence-corrected chi connectivity index (χ1v) is 9.46. The van der Waals surface area contributed by atoms with Crippen molar-refractivity contribution in [3.05, 3.63) is 30.1 Å². The summed E-state index contributed by atoms with van der Waals surface area (Å²) in [5.74, 6) is 0.651. The van der Waals surface area contributed by atoms with E-state index in [-0.39, 0.29) is 24.0 Å². The number of benzene rings is 1. The van der Waals surface area contributed by atoms with Crippen molar-refractivity contribution in [3.63, 3.8) is 0 Å². The maximum atomic E-state index is 12.6. The lowest BCUT2D eigenvalue weighted by atomic mass is 9.96. The predicted molar refractivity (Wildman–Crippen MR) is 103 cm³/mol. The second kappa shape index (κ2) is 7.58. The van der Waals surface area contributed by atoms with Crippen molar-refractivity contribution in [1.29, 1.82) is 0 Å². The fraction of sp³-hybridized carbons (Fsp3) is 0.550. The normalized spacial score (nSPS) is 17.0. The zero-order valence-electron chi connectivity index (χ0n) is 16.4. The molecule has 0 aliphatic carbocycles. The molecule has 1 aromatic heterocycles. The third-order valence-corrected chi connectivity index (χ3v) is 4.69. The minimum atomic E-state index is -0.507. The molecule has 0 radical (unpaired) electrons. The molecule has 2 amide bonds.